The molecule has 1 heterocycles. The molecule has 5 heteroatoms. The maximum atomic E-state index is 13.6. The van der Waals surface area contributed by atoms with Gasteiger partial charge in [0, 0.05) is 17.0 Å². The van der Waals surface area contributed by atoms with Gasteiger partial charge >= 0.3 is 0 Å². The van der Waals surface area contributed by atoms with Crippen LogP contribution in [0.2, 0.25) is 5.02 Å². The van der Waals surface area contributed by atoms with Gasteiger partial charge in [0.25, 0.3) is 0 Å². The molecule has 18 heavy (non-hydrogen) atoms. The second-order valence-corrected chi connectivity index (χ2v) is 5.45. The Labute approximate surface area is 113 Å². The fraction of sp³-hybridized carbons (Fsp3) is 0.154. The van der Waals surface area contributed by atoms with Gasteiger partial charge in [-0.1, -0.05) is 23.4 Å². The number of pyridine rings is 1. The van der Waals surface area contributed by atoms with Crippen LogP contribution in [0.5, 0.6) is 0 Å². The first kappa shape index (κ1) is 13.3. The molecule has 1 aromatic heterocycles. The molecule has 1 nitrogen and oxygen atoms in total. The number of rotatable bonds is 3. The van der Waals surface area contributed by atoms with Crippen molar-refractivity contribution in [2.45, 2.75) is 17.2 Å². The zero-order valence-corrected chi connectivity index (χ0v) is 11.1. The fourth-order valence-corrected chi connectivity index (χ4v) is 2.71. The van der Waals surface area contributed by atoms with Gasteiger partial charge in [0.2, 0.25) is 0 Å². The van der Waals surface area contributed by atoms with E-state index in [2.05, 4.69) is 4.98 Å². The minimum atomic E-state index is -0.453. The summed E-state index contributed by atoms with van der Waals surface area (Å²) in [6.07, 6.45) is 1.61. The molecule has 0 radical (unpaired) electrons. The van der Waals surface area contributed by atoms with Gasteiger partial charge in [0.05, 0.1) is 5.02 Å². The van der Waals surface area contributed by atoms with E-state index >= 15 is 0 Å². The van der Waals surface area contributed by atoms with E-state index in [-0.39, 0.29) is 5.25 Å². The second kappa shape index (κ2) is 5.67. The highest BCUT2D eigenvalue weighted by atomic mass is 35.5. The van der Waals surface area contributed by atoms with Crippen LogP contribution in [0.25, 0.3) is 0 Å². The number of aromatic nitrogens is 1. The number of benzene rings is 1. The third-order valence-electron chi connectivity index (χ3n) is 2.41. The molecular weight excluding hydrogens is 276 g/mol. The molecule has 0 bridgehead atoms. The van der Waals surface area contributed by atoms with Gasteiger partial charge in [0.1, 0.15) is 16.7 Å². The van der Waals surface area contributed by atoms with Gasteiger partial charge in [-0.25, -0.2) is 13.8 Å². The first-order valence-electron chi connectivity index (χ1n) is 5.30. The van der Waals surface area contributed by atoms with E-state index in [4.69, 9.17) is 11.6 Å². The maximum absolute atomic E-state index is 13.6. The van der Waals surface area contributed by atoms with E-state index in [9.17, 15) is 8.78 Å². The summed E-state index contributed by atoms with van der Waals surface area (Å²) in [5.41, 5.74) is 0.307. The Morgan fingerprint density at radius 3 is 2.78 bits per heavy atom. The highest BCUT2D eigenvalue weighted by Crippen LogP contribution is 2.37. The number of halogens is 3. The zero-order valence-electron chi connectivity index (χ0n) is 9.53. The largest absolute Gasteiger partial charge is 0.248 e. The Morgan fingerprint density at radius 2 is 2.06 bits per heavy atom. The average Bonchev–Trinajstić information content (AvgIpc) is 2.35. The monoisotopic (exact) mass is 285 g/mol. The lowest BCUT2D eigenvalue weighted by atomic mass is 10.1. The molecule has 94 valence electrons. The highest BCUT2D eigenvalue weighted by molar-refractivity contribution is 7.99. The molecule has 0 aliphatic heterocycles. The van der Waals surface area contributed by atoms with E-state index < -0.39 is 11.6 Å². The zero-order chi connectivity index (χ0) is 13.1. The van der Waals surface area contributed by atoms with E-state index in [1.165, 1.54) is 17.8 Å². The summed E-state index contributed by atoms with van der Waals surface area (Å²) in [6, 6.07) is 6.86. The number of nitrogens with zero attached hydrogens (tertiary/aromatic N) is 1. The Balaban J connectivity index is 2.25. The van der Waals surface area contributed by atoms with Gasteiger partial charge < -0.3 is 0 Å². The van der Waals surface area contributed by atoms with E-state index in [0.717, 1.165) is 12.1 Å². The molecule has 0 fully saturated rings. The Bertz CT molecular complexity index is 562. The molecule has 1 aromatic carbocycles. The molecule has 1 atom stereocenters. The predicted molar refractivity (Wildman–Crippen MR) is 69.9 cm³/mol. The molecule has 0 saturated heterocycles. The topological polar surface area (TPSA) is 12.9 Å². The van der Waals surface area contributed by atoms with Crippen molar-refractivity contribution in [1.29, 1.82) is 0 Å². The molecule has 0 spiro atoms. The smallest absolute Gasteiger partial charge is 0.127 e. The van der Waals surface area contributed by atoms with Crippen LogP contribution < -0.4 is 0 Å². The fourth-order valence-electron chi connectivity index (χ4n) is 1.51. The van der Waals surface area contributed by atoms with Crippen molar-refractivity contribution >= 4 is 23.4 Å². The Kier molecular flexibility index (Phi) is 4.19. The summed E-state index contributed by atoms with van der Waals surface area (Å²) in [6.45, 7) is 1.79. The summed E-state index contributed by atoms with van der Waals surface area (Å²) in [4.78, 5) is 4.11. The Hall–Kier alpha value is -1.13. The van der Waals surface area contributed by atoms with Crippen LogP contribution in [0, 0.1) is 11.6 Å². The van der Waals surface area contributed by atoms with Crippen molar-refractivity contribution in [2.75, 3.05) is 0 Å². The van der Waals surface area contributed by atoms with Crippen LogP contribution in [0.4, 0.5) is 8.78 Å². The van der Waals surface area contributed by atoms with Gasteiger partial charge in [-0.15, -0.1) is 0 Å². The summed E-state index contributed by atoms with van der Waals surface area (Å²) in [7, 11) is 0. The SMILES string of the molecule is CC(Sc1ncccc1Cl)c1cc(F)ccc1F. The average molecular weight is 286 g/mol. The van der Waals surface area contributed by atoms with Crippen molar-refractivity contribution in [1.82, 2.24) is 4.98 Å². The molecule has 1 unspecified atom stereocenters. The lowest BCUT2D eigenvalue weighted by Crippen LogP contribution is -1.95. The van der Waals surface area contributed by atoms with Gasteiger partial charge in [0.15, 0.2) is 0 Å². The van der Waals surface area contributed by atoms with Crippen LogP contribution in [0.1, 0.15) is 17.7 Å². The molecule has 2 rings (SSSR count). The summed E-state index contributed by atoms with van der Waals surface area (Å²) >= 11 is 7.27. The lowest BCUT2D eigenvalue weighted by Gasteiger charge is -2.12. The van der Waals surface area contributed by atoms with Crippen LogP contribution >= 0.6 is 23.4 Å². The highest BCUT2D eigenvalue weighted by Gasteiger charge is 2.15. The third-order valence-corrected chi connectivity index (χ3v) is 3.98. The van der Waals surface area contributed by atoms with E-state index in [0.29, 0.717) is 15.6 Å². The predicted octanol–water partition coefficient (Wildman–Crippen LogP) is 4.87. The second-order valence-electron chi connectivity index (χ2n) is 3.72. The summed E-state index contributed by atoms with van der Waals surface area (Å²) < 4.78 is 26.7. The normalized spacial score (nSPS) is 12.4. The molecular formula is C13H10ClF2NS. The molecule has 2 aromatic rings. The van der Waals surface area contributed by atoms with Crippen molar-refractivity contribution in [2.24, 2.45) is 0 Å². The van der Waals surface area contributed by atoms with Gasteiger partial charge in [-0.05, 0) is 37.3 Å². The van der Waals surface area contributed by atoms with E-state index in [1.807, 2.05) is 0 Å². The van der Waals surface area contributed by atoms with Crippen molar-refractivity contribution in [3.8, 4) is 0 Å². The van der Waals surface area contributed by atoms with Crippen LogP contribution in [0.3, 0.4) is 0 Å². The quantitative estimate of drug-likeness (QED) is 0.747. The number of hydrogen-bond donors (Lipinski definition) is 0. The van der Waals surface area contributed by atoms with Gasteiger partial charge in [-0.2, -0.15) is 0 Å². The molecule has 0 N–H and O–H groups in total. The molecule has 0 amide bonds. The first-order valence-corrected chi connectivity index (χ1v) is 6.56. The summed E-state index contributed by atoms with van der Waals surface area (Å²) in [5.74, 6) is -0.880. The minimum Gasteiger partial charge on any atom is -0.248 e. The van der Waals surface area contributed by atoms with Gasteiger partial charge in [-0.3, -0.25) is 0 Å². The van der Waals surface area contributed by atoms with E-state index in [1.54, 1.807) is 25.3 Å². The number of thioether (sulfide) groups is 1. The van der Waals surface area contributed by atoms with Crippen LogP contribution in [-0.2, 0) is 0 Å². The summed E-state index contributed by atoms with van der Waals surface area (Å²) in [5, 5.41) is 0.842. The van der Waals surface area contributed by atoms with Crippen LogP contribution in [0.15, 0.2) is 41.6 Å². The maximum Gasteiger partial charge on any atom is 0.127 e. The van der Waals surface area contributed by atoms with Crippen LogP contribution in [-0.4, -0.2) is 4.98 Å². The molecule has 0 saturated carbocycles. The Morgan fingerprint density at radius 1 is 1.28 bits per heavy atom. The first-order chi connectivity index (χ1) is 8.58. The van der Waals surface area contributed by atoms with Crippen molar-refractivity contribution < 1.29 is 8.78 Å². The minimum absolute atomic E-state index is 0.270. The lowest BCUT2D eigenvalue weighted by molar-refractivity contribution is 0.586. The molecule has 0 aliphatic carbocycles. The van der Waals surface area contributed by atoms with Crippen molar-refractivity contribution in [3.63, 3.8) is 0 Å². The third kappa shape index (κ3) is 3.00. The standard InChI is InChI=1S/C13H10ClF2NS/c1-8(10-7-9(15)4-5-12(10)16)18-13-11(14)3-2-6-17-13/h2-8H,1H3. The van der Waals surface area contributed by atoms with Crippen molar-refractivity contribution in [3.05, 3.63) is 58.7 Å². The molecule has 0 aliphatic rings. The number of hydrogen-bond acceptors (Lipinski definition) is 2.